The summed E-state index contributed by atoms with van der Waals surface area (Å²) in [4.78, 5) is 11.8. The van der Waals surface area contributed by atoms with Crippen molar-refractivity contribution in [1.82, 2.24) is 0 Å². The third-order valence-electron chi connectivity index (χ3n) is 6.06. The van der Waals surface area contributed by atoms with Crippen molar-refractivity contribution in [2.75, 3.05) is 6.61 Å². The smallest absolute Gasteiger partial charge is 0.305 e. The molecule has 0 aromatic carbocycles. The Morgan fingerprint density at radius 3 is 1.34 bits per heavy atom. The van der Waals surface area contributed by atoms with E-state index in [1.807, 2.05) is 0 Å². The molecular formula is C30H56O2. The summed E-state index contributed by atoms with van der Waals surface area (Å²) in [6.45, 7) is 5.13. The van der Waals surface area contributed by atoms with Crippen molar-refractivity contribution < 1.29 is 9.53 Å². The van der Waals surface area contributed by atoms with Gasteiger partial charge in [0, 0.05) is 6.42 Å². The van der Waals surface area contributed by atoms with Crippen LogP contribution in [0.15, 0.2) is 24.3 Å². The number of hydrogen-bond donors (Lipinski definition) is 0. The molecular weight excluding hydrogens is 392 g/mol. The number of carbonyl (C=O) groups excluding carboxylic acids is 1. The van der Waals surface area contributed by atoms with Gasteiger partial charge in [0.05, 0.1) is 6.61 Å². The predicted octanol–water partition coefficient (Wildman–Crippen LogP) is 10.3. The highest BCUT2D eigenvalue weighted by atomic mass is 16.5. The topological polar surface area (TPSA) is 26.3 Å². The van der Waals surface area contributed by atoms with Crippen LogP contribution in [0.5, 0.6) is 0 Å². The van der Waals surface area contributed by atoms with Crippen molar-refractivity contribution in [3.8, 4) is 0 Å². The molecule has 0 unspecified atom stereocenters. The molecule has 32 heavy (non-hydrogen) atoms. The lowest BCUT2D eigenvalue weighted by molar-refractivity contribution is -0.143. The Labute approximate surface area is 201 Å². The van der Waals surface area contributed by atoms with E-state index >= 15 is 0 Å². The molecule has 0 rings (SSSR count). The molecule has 0 heterocycles. The number of esters is 1. The van der Waals surface area contributed by atoms with Gasteiger partial charge in [0.15, 0.2) is 0 Å². The SMILES string of the molecule is CCCCCC/C=C\CCCCCC(=O)OCCCCCCCC/C=C/CCCCCC. The Morgan fingerprint density at radius 2 is 0.875 bits per heavy atom. The fourth-order valence-electron chi connectivity index (χ4n) is 3.89. The van der Waals surface area contributed by atoms with Gasteiger partial charge in [-0.1, -0.05) is 109 Å². The van der Waals surface area contributed by atoms with Crippen molar-refractivity contribution in [2.45, 2.75) is 155 Å². The Balaban J connectivity index is 3.23. The Bertz CT molecular complexity index is 425. The van der Waals surface area contributed by atoms with Crippen molar-refractivity contribution in [3.63, 3.8) is 0 Å². The molecule has 0 aromatic rings. The summed E-state index contributed by atoms with van der Waals surface area (Å²) < 4.78 is 5.38. The molecule has 0 aliphatic carbocycles. The summed E-state index contributed by atoms with van der Waals surface area (Å²) in [5.41, 5.74) is 0. The van der Waals surface area contributed by atoms with Crippen LogP contribution in [-0.4, -0.2) is 12.6 Å². The summed E-state index contributed by atoms with van der Waals surface area (Å²) >= 11 is 0. The van der Waals surface area contributed by atoms with E-state index in [2.05, 4.69) is 38.2 Å². The van der Waals surface area contributed by atoms with Gasteiger partial charge < -0.3 is 4.74 Å². The minimum atomic E-state index is -0.00190. The highest BCUT2D eigenvalue weighted by Gasteiger charge is 2.02. The highest BCUT2D eigenvalue weighted by Crippen LogP contribution is 2.10. The molecule has 0 spiro atoms. The van der Waals surface area contributed by atoms with Crippen LogP contribution >= 0.6 is 0 Å². The number of ether oxygens (including phenoxy) is 1. The normalized spacial score (nSPS) is 11.7. The van der Waals surface area contributed by atoms with E-state index in [1.54, 1.807) is 0 Å². The second kappa shape index (κ2) is 28.0. The van der Waals surface area contributed by atoms with Crippen LogP contribution in [0.3, 0.4) is 0 Å². The lowest BCUT2D eigenvalue weighted by Gasteiger charge is -2.05. The Morgan fingerprint density at radius 1 is 0.500 bits per heavy atom. The molecule has 0 aliphatic rings. The highest BCUT2D eigenvalue weighted by molar-refractivity contribution is 5.69. The molecule has 188 valence electrons. The summed E-state index contributed by atoms with van der Waals surface area (Å²) in [5, 5.41) is 0. The maximum absolute atomic E-state index is 11.8. The van der Waals surface area contributed by atoms with Crippen LogP contribution in [0.25, 0.3) is 0 Å². The molecule has 2 nitrogen and oxygen atoms in total. The van der Waals surface area contributed by atoms with Gasteiger partial charge in [-0.15, -0.1) is 0 Å². The summed E-state index contributed by atoms with van der Waals surface area (Å²) in [7, 11) is 0. The van der Waals surface area contributed by atoms with Gasteiger partial charge in [0.2, 0.25) is 0 Å². The van der Waals surface area contributed by atoms with E-state index in [-0.39, 0.29) is 5.97 Å². The molecule has 0 radical (unpaired) electrons. The minimum Gasteiger partial charge on any atom is -0.466 e. The van der Waals surface area contributed by atoms with Crippen LogP contribution in [0.2, 0.25) is 0 Å². The van der Waals surface area contributed by atoms with Crippen molar-refractivity contribution in [2.24, 2.45) is 0 Å². The maximum Gasteiger partial charge on any atom is 0.305 e. The third kappa shape index (κ3) is 27.0. The van der Waals surface area contributed by atoms with E-state index in [9.17, 15) is 4.79 Å². The van der Waals surface area contributed by atoms with E-state index in [0.29, 0.717) is 13.0 Å². The standard InChI is InChI=1S/C30H56O2/c1-3-5-7-9-11-13-15-16-17-19-21-23-25-27-29-32-30(31)28-26-24-22-20-18-14-12-10-8-6-4-2/h13-15,18H,3-12,16-17,19-29H2,1-2H3/b15-13+,18-14-. The minimum absolute atomic E-state index is 0.00190. The predicted molar refractivity (Wildman–Crippen MR) is 142 cm³/mol. The van der Waals surface area contributed by atoms with Crippen molar-refractivity contribution >= 4 is 5.97 Å². The maximum atomic E-state index is 11.8. The molecule has 0 aliphatic heterocycles. The van der Waals surface area contributed by atoms with Gasteiger partial charge in [-0.2, -0.15) is 0 Å². The second-order valence-electron chi connectivity index (χ2n) is 9.37. The second-order valence-corrected chi connectivity index (χ2v) is 9.37. The van der Waals surface area contributed by atoms with Crippen LogP contribution in [-0.2, 0) is 9.53 Å². The van der Waals surface area contributed by atoms with Crippen molar-refractivity contribution in [3.05, 3.63) is 24.3 Å². The molecule has 0 saturated carbocycles. The number of hydrogen-bond acceptors (Lipinski definition) is 2. The van der Waals surface area contributed by atoms with Crippen molar-refractivity contribution in [1.29, 1.82) is 0 Å². The van der Waals surface area contributed by atoms with E-state index in [0.717, 1.165) is 25.7 Å². The Kier molecular flexibility index (Phi) is 27.1. The first-order valence-electron chi connectivity index (χ1n) is 14.3. The zero-order chi connectivity index (χ0) is 23.4. The average molecular weight is 449 g/mol. The van der Waals surface area contributed by atoms with Gasteiger partial charge in [0.25, 0.3) is 0 Å². The zero-order valence-electron chi connectivity index (χ0n) is 21.9. The van der Waals surface area contributed by atoms with Crippen LogP contribution in [0.4, 0.5) is 0 Å². The van der Waals surface area contributed by atoms with Gasteiger partial charge in [-0.05, 0) is 64.2 Å². The quantitative estimate of drug-likeness (QED) is 0.0788. The zero-order valence-corrected chi connectivity index (χ0v) is 21.9. The van der Waals surface area contributed by atoms with Gasteiger partial charge >= 0.3 is 5.97 Å². The number of rotatable bonds is 25. The first kappa shape index (κ1) is 30.9. The lowest BCUT2D eigenvalue weighted by atomic mass is 10.1. The molecule has 2 heteroatoms. The van der Waals surface area contributed by atoms with E-state index < -0.39 is 0 Å². The fourth-order valence-corrected chi connectivity index (χ4v) is 3.89. The number of unbranched alkanes of at least 4 members (excludes halogenated alkanes) is 17. The monoisotopic (exact) mass is 448 g/mol. The van der Waals surface area contributed by atoms with E-state index in [4.69, 9.17) is 4.74 Å². The van der Waals surface area contributed by atoms with Gasteiger partial charge in [0.1, 0.15) is 0 Å². The van der Waals surface area contributed by atoms with Crippen LogP contribution < -0.4 is 0 Å². The molecule has 0 aromatic heterocycles. The lowest BCUT2D eigenvalue weighted by Crippen LogP contribution is -2.05. The first-order chi connectivity index (χ1) is 15.8. The van der Waals surface area contributed by atoms with E-state index in [1.165, 1.54) is 109 Å². The average Bonchev–Trinajstić information content (AvgIpc) is 2.80. The largest absolute Gasteiger partial charge is 0.466 e. The molecule has 0 N–H and O–H groups in total. The molecule has 0 fully saturated rings. The number of carbonyl (C=O) groups is 1. The molecule has 0 atom stereocenters. The van der Waals surface area contributed by atoms with Crippen LogP contribution in [0.1, 0.15) is 155 Å². The Hall–Kier alpha value is -1.05. The number of allylic oxidation sites excluding steroid dienone is 4. The van der Waals surface area contributed by atoms with Crippen LogP contribution in [0, 0.1) is 0 Å². The molecule has 0 bridgehead atoms. The summed E-state index contributed by atoms with van der Waals surface area (Å²) in [6, 6.07) is 0. The molecule has 0 amide bonds. The van der Waals surface area contributed by atoms with Gasteiger partial charge in [-0.25, -0.2) is 0 Å². The summed E-state index contributed by atoms with van der Waals surface area (Å²) in [5.74, 6) is -0.00190. The van der Waals surface area contributed by atoms with Gasteiger partial charge in [-0.3, -0.25) is 4.79 Å². The summed E-state index contributed by atoms with van der Waals surface area (Å²) in [6.07, 6.45) is 36.4. The first-order valence-corrected chi connectivity index (χ1v) is 14.3. The fraction of sp³-hybridized carbons (Fsp3) is 0.833. The molecule has 0 saturated heterocycles. The third-order valence-corrected chi connectivity index (χ3v) is 6.06.